The Morgan fingerprint density at radius 2 is 2.00 bits per heavy atom. The summed E-state index contributed by atoms with van der Waals surface area (Å²) in [6.07, 6.45) is 6.42. The number of fused-ring (bicyclic) bond motifs is 1. The van der Waals surface area contributed by atoms with Crippen LogP contribution in [0.1, 0.15) is 31.4 Å². The van der Waals surface area contributed by atoms with Crippen LogP contribution in [0.25, 0.3) is 0 Å². The minimum atomic E-state index is -0.237. The van der Waals surface area contributed by atoms with E-state index in [9.17, 15) is 0 Å². The standard InChI is InChI=1S/C14H17NO2/c1-2-6-15-12(3-1)13-4-5-14(10-11(13)9-13)16-7-8-17-14/h1-3,6,11H,4-5,7-10H2. The third kappa shape index (κ3) is 1.39. The molecule has 2 aliphatic carbocycles. The van der Waals surface area contributed by atoms with Crippen molar-refractivity contribution >= 4 is 0 Å². The summed E-state index contributed by atoms with van der Waals surface area (Å²) in [4.78, 5) is 4.55. The Hall–Kier alpha value is -0.930. The molecule has 2 heterocycles. The van der Waals surface area contributed by atoms with E-state index in [-0.39, 0.29) is 5.79 Å². The Morgan fingerprint density at radius 1 is 1.12 bits per heavy atom. The monoisotopic (exact) mass is 231 g/mol. The molecule has 3 heteroatoms. The fraction of sp³-hybridized carbons (Fsp3) is 0.643. The summed E-state index contributed by atoms with van der Waals surface area (Å²) in [5.74, 6) is 0.476. The van der Waals surface area contributed by atoms with Crippen molar-refractivity contribution in [2.75, 3.05) is 13.2 Å². The van der Waals surface area contributed by atoms with Crippen LogP contribution in [-0.4, -0.2) is 24.0 Å². The number of hydrogen-bond acceptors (Lipinski definition) is 3. The lowest BCUT2D eigenvalue weighted by molar-refractivity contribution is -0.180. The predicted octanol–water partition coefficient (Wildman–Crippen LogP) is 2.27. The topological polar surface area (TPSA) is 31.4 Å². The van der Waals surface area contributed by atoms with Crippen LogP contribution >= 0.6 is 0 Å². The normalized spacial score (nSPS) is 38.0. The highest BCUT2D eigenvalue weighted by Crippen LogP contribution is 2.64. The van der Waals surface area contributed by atoms with E-state index in [1.165, 1.54) is 12.1 Å². The largest absolute Gasteiger partial charge is 0.348 e. The Balaban J connectivity index is 1.58. The van der Waals surface area contributed by atoms with E-state index in [0.29, 0.717) is 11.3 Å². The number of aromatic nitrogens is 1. The van der Waals surface area contributed by atoms with E-state index in [4.69, 9.17) is 9.47 Å². The average Bonchev–Trinajstić information content (AvgIpc) is 2.94. The second kappa shape index (κ2) is 3.30. The van der Waals surface area contributed by atoms with Crippen LogP contribution < -0.4 is 0 Å². The van der Waals surface area contributed by atoms with Crippen LogP contribution in [0.4, 0.5) is 0 Å². The molecule has 0 bridgehead atoms. The molecule has 0 N–H and O–H groups in total. The maximum absolute atomic E-state index is 5.82. The molecule has 3 fully saturated rings. The molecule has 2 unspecified atom stereocenters. The summed E-state index contributed by atoms with van der Waals surface area (Å²) >= 11 is 0. The van der Waals surface area contributed by atoms with Crippen molar-refractivity contribution in [2.24, 2.45) is 5.92 Å². The van der Waals surface area contributed by atoms with Crippen LogP contribution in [0.2, 0.25) is 0 Å². The lowest BCUT2D eigenvalue weighted by Crippen LogP contribution is -2.37. The van der Waals surface area contributed by atoms with Gasteiger partial charge in [-0.15, -0.1) is 0 Å². The van der Waals surface area contributed by atoms with Crippen molar-refractivity contribution in [3.8, 4) is 0 Å². The molecule has 3 aliphatic rings. The van der Waals surface area contributed by atoms with Gasteiger partial charge in [0.25, 0.3) is 0 Å². The Bertz CT molecular complexity index is 427. The second-order valence-corrected chi connectivity index (χ2v) is 5.58. The Labute approximate surface area is 101 Å². The van der Waals surface area contributed by atoms with Gasteiger partial charge in [-0.25, -0.2) is 0 Å². The number of ether oxygens (including phenoxy) is 2. The molecular formula is C14H17NO2. The Kier molecular flexibility index (Phi) is 1.95. The van der Waals surface area contributed by atoms with Gasteiger partial charge < -0.3 is 9.47 Å². The molecule has 4 rings (SSSR count). The first-order valence-electron chi connectivity index (χ1n) is 6.53. The van der Waals surface area contributed by atoms with Crippen LogP contribution in [0, 0.1) is 5.92 Å². The zero-order valence-corrected chi connectivity index (χ0v) is 9.89. The van der Waals surface area contributed by atoms with Crippen LogP contribution in [-0.2, 0) is 14.9 Å². The summed E-state index contributed by atoms with van der Waals surface area (Å²) in [7, 11) is 0. The molecule has 3 nitrogen and oxygen atoms in total. The van der Waals surface area contributed by atoms with E-state index >= 15 is 0 Å². The van der Waals surface area contributed by atoms with Gasteiger partial charge in [-0.05, 0) is 30.9 Å². The van der Waals surface area contributed by atoms with Crippen molar-refractivity contribution in [3.05, 3.63) is 30.1 Å². The smallest absolute Gasteiger partial charge is 0.168 e. The van der Waals surface area contributed by atoms with Crippen LogP contribution in [0.3, 0.4) is 0 Å². The third-order valence-corrected chi connectivity index (χ3v) is 4.73. The van der Waals surface area contributed by atoms with Gasteiger partial charge in [0.05, 0.1) is 13.2 Å². The maximum Gasteiger partial charge on any atom is 0.168 e. The molecule has 17 heavy (non-hydrogen) atoms. The number of nitrogens with zero attached hydrogens (tertiary/aromatic N) is 1. The van der Waals surface area contributed by atoms with E-state index in [1.807, 2.05) is 12.3 Å². The highest BCUT2D eigenvalue weighted by molar-refractivity contribution is 5.30. The fourth-order valence-corrected chi connectivity index (χ4v) is 3.70. The molecule has 0 radical (unpaired) electrons. The Morgan fingerprint density at radius 3 is 2.71 bits per heavy atom. The number of hydrogen-bond donors (Lipinski definition) is 0. The van der Waals surface area contributed by atoms with Crippen molar-refractivity contribution < 1.29 is 9.47 Å². The van der Waals surface area contributed by atoms with Gasteiger partial charge in [0.15, 0.2) is 5.79 Å². The minimum Gasteiger partial charge on any atom is -0.348 e. The zero-order chi connectivity index (χ0) is 11.3. The lowest BCUT2D eigenvalue weighted by Gasteiger charge is -2.34. The van der Waals surface area contributed by atoms with E-state index < -0.39 is 0 Å². The summed E-state index contributed by atoms with van der Waals surface area (Å²) < 4.78 is 11.6. The first kappa shape index (κ1) is 10.0. The molecule has 1 aliphatic heterocycles. The fourth-order valence-electron chi connectivity index (χ4n) is 3.70. The quantitative estimate of drug-likeness (QED) is 0.743. The predicted molar refractivity (Wildman–Crippen MR) is 62.5 cm³/mol. The van der Waals surface area contributed by atoms with Gasteiger partial charge in [0.1, 0.15) is 0 Å². The van der Waals surface area contributed by atoms with Crippen LogP contribution in [0.5, 0.6) is 0 Å². The average molecular weight is 231 g/mol. The molecule has 0 aromatic carbocycles. The highest BCUT2D eigenvalue weighted by atomic mass is 16.7. The molecule has 1 aromatic heterocycles. The number of rotatable bonds is 1. The SMILES string of the molecule is c1ccc(C23CCC4(CC2C3)OCCO4)nc1. The van der Waals surface area contributed by atoms with Gasteiger partial charge in [0.2, 0.25) is 0 Å². The van der Waals surface area contributed by atoms with Gasteiger partial charge in [-0.3, -0.25) is 4.98 Å². The minimum absolute atomic E-state index is 0.237. The second-order valence-electron chi connectivity index (χ2n) is 5.58. The molecule has 1 aromatic rings. The highest BCUT2D eigenvalue weighted by Gasteiger charge is 2.63. The molecule has 1 spiro atoms. The van der Waals surface area contributed by atoms with Gasteiger partial charge in [0, 0.05) is 30.1 Å². The first-order chi connectivity index (χ1) is 8.33. The summed E-state index contributed by atoms with van der Waals surface area (Å²) in [6, 6.07) is 6.26. The lowest BCUT2D eigenvalue weighted by atomic mass is 9.82. The molecular weight excluding hydrogens is 214 g/mol. The van der Waals surface area contributed by atoms with Crippen LogP contribution in [0.15, 0.2) is 24.4 Å². The van der Waals surface area contributed by atoms with E-state index in [0.717, 1.165) is 32.5 Å². The first-order valence-corrected chi connectivity index (χ1v) is 6.53. The van der Waals surface area contributed by atoms with E-state index in [1.54, 1.807) is 0 Å². The summed E-state index contributed by atoms with van der Waals surface area (Å²) in [6.45, 7) is 1.53. The van der Waals surface area contributed by atoms with Gasteiger partial charge in [-0.1, -0.05) is 6.07 Å². The number of pyridine rings is 1. The summed E-state index contributed by atoms with van der Waals surface area (Å²) in [5, 5.41) is 0. The van der Waals surface area contributed by atoms with Crippen molar-refractivity contribution in [2.45, 2.75) is 36.9 Å². The molecule has 1 saturated heterocycles. The third-order valence-electron chi connectivity index (χ3n) is 4.73. The molecule has 2 atom stereocenters. The van der Waals surface area contributed by atoms with Gasteiger partial charge in [-0.2, -0.15) is 0 Å². The van der Waals surface area contributed by atoms with E-state index in [2.05, 4.69) is 17.1 Å². The molecule has 2 saturated carbocycles. The zero-order valence-electron chi connectivity index (χ0n) is 9.89. The van der Waals surface area contributed by atoms with Crippen molar-refractivity contribution in [3.63, 3.8) is 0 Å². The summed E-state index contributed by atoms with van der Waals surface area (Å²) in [5.41, 5.74) is 1.62. The molecule has 90 valence electrons. The van der Waals surface area contributed by atoms with Gasteiger partial charge >= 0.3 is 0 Å². The van der Waals surface area contributed by atoms with Crippen molar-refractivity contribution in [1.29, 1.82) is 0 Å². The van der Waals surface area contributed by atoms with Crippen molar-refractivity contribution in [1.82, 2.24) is 4.98 Å². The maximum atomic E-state index is 5.82. The molecule has 0 amide bonds.